The standard InChI is InChI=1S/C3H4IPS/c1-3(4)2-5-6/h1-2H2. The van der Waals surface area contributed by atoms with Crippen molar-refractivity contribution >= 4 is 41.8 Å². The van der Waals surface area contributed by atoms with E-state index in [9.17, 15) is 0 Å². The highest BCUT2D eigenvalue weighted by Crippen LogP contribution is 2.07. The van der Waals surface area contributed by atoms with E-state index in [1.54, 1.807) is 0 Å². The van der Waals surface area contributed by atoms with Crippen LogP contribution in [0.5, 0.6) is 0 Å². The van der Waals surface area contributed by atoms with Gasteiger partial charge in [0.25, 0.3) is 0 Å². The zero-order valence-corrected chi connectivity index (χ0v) is 7.02. The number of allylic oxidation sites excluding steroid dienone is 1. The molecule has 3 heteroatoms. The van der Waals surface area contributed by atoms with Crippen LogP contribution in [0.3, 0.4) is 0 Å². The summed E-state index contributed by atoms with van der Waals surface area (Å²) in [6.07, 6.45) is 0.954. The third-order valence-corrected chi connectivity index (χ3v) is 2.12. The predicted octanol–water partition coefficient (Wildman–Crippen LogP) is 2.34. The van der Waals surface area contributed by atoms with Gasteiger partial charge in [0.2, 0.25) is 0 Å². The molecule has 0 saturated carbocycles. The number of halogens is 1. The van der Waals surface area contributed by atoms with Gasteiger partial charge in [-0.25, -0.2) is 0 Å². The van der Waals surface area contributed by atoms with Crippen LogP contribution < -0.4 is 0 Å². The average molecular weight is 230 g/mol. The van der Waals surface area contributed by atoms with Gasteiger partial charge in [-0.05, 0) is 33.5 Å². The van der Waals surface area contributed by atoms with Gasteiger partial charge in [0, 0.05) is 6.16 Å². The lowest BCUT2D eigenvalue weighted by atomic mass is 10.8. The molecule has 6 heavy (non-hydrogen) atoms. The van der Waals surface area contributed by atoms with Crippen LogP contribution in [0.15, 0.2) is 10.2 Å². The van der Waals surface area contributed by atoms with Crippen LogP contribution in [-0.4, -0.2) is 6.16 Å². The SMILES string of the molecule is C=C(I)CP=S. The predicted molar refractivity (Wildman–Crippen MR) is 42.3 cm³/mol. The normalized spacial score (nSPS) is 8.83. The number of rotatable bonds is 2. The molecule has 0 unspecified atom stereocenters. The van der Waals surface area contributed by atoms with Gasteiger partial charge in [-0.1, -0.05) is 18.4 Å². The quantitative estimate of drug-likeness (QED) is 0.518. The molecule has 0 heterocycles. The lowest BCUT2D eigenvalue weighted by molar-refractivity contribution is 1.80. The molecule has 0 aromatic carbocycles. The van der Waals surface area contributed by atoms with Gasteiger partial charge in [0.05, 0.1) is 0 Å². The lowest BCUT2D eigenvalue weighted by Gasteiger charge is -1.77. The second-order valence-corrected chi connectivity index (χ2v) is 3.68. The molecule has 0 aromatic heterocycles. The van der Waals surface area contributed by atoms with Gasteiger partial charge in [0.1, 0.15) is 0 Å². The van der Waals surface area contributed by atoms with Crippen molar-refractivity contribution in [1.82, 2.24) is 0 Å². The maximum Gasteiger partial charge on any atom is 0.0302 e. The summed E-state index contributed by atoms with van der Waals surface area (Å²) >= 11 is 6.81. The second kappa shape index (κ2) is 4.16. The molecular weight excluding hydrogens is 226 g/mol. The molecule has 0 aromatic rings. The fourth-order valence-electron chi connectivity index (χ4n) is 0.0700. The number of hydrogen-bond acceptors (Lipinski definition) is 1. The summed E-state index contributed by atoms with van der Waals surface area (Å²) in [5, 5.41) is 0. The van der Waals surface area contributed by atoms with E-state index >= 15 is 0 Å². The summed E-state index contributed by atoms with van der Waals surface area (Å²) in [5.41, 5.74) is 0. The minimum absolute atomic E-state index is 0.954. The van der Waals surface area contributed by atoms with Crippen LogP contribution in [0.1, 0.15) is 0 Å². The van der Waals surface area contributed by atoms with E-state index < -0.39 is 0 Å². The molecule has 0 saturated heterocycles. The molecule has 0 aliphatic rings. The summed E-state index contributed by atoms with van der Waals surface area (Å²) in [6.45, 7) is 3.66. The molecule has 0 radical (unpaired) electrons. The van der Waals surface area contributed by atoms with Gasteiger partial charge in [-0.15, -0.1) is 0 Å². The Kier molecular flexibility index (Phi) is 4.84. The molecule has 0 aliphatic heterocycles. The molecule has 0 aliphatic carbocycles. The highest BCUT2D eigenvalue weighted by atomic mass is 127. The van der Waals surface area contributed by atoms with Crippen molar-refractivity contribution in [3.63, 3.8) is 0 Å². The zero-order chi connectivity index (χ0) is 4.99. The van der Waals surface area contributed by atoms with E-state index in [-0.39, 0.29) is 0 Å². The maximum absolute atomic E-state index is 4.63. The van der Waals surface area contributed by atoms with Crippen LogP contribution >= 0.6 is 29.9 Å². The third kappa shape index (κ3) is 4.99. The van der Waals surface area contributed by atoms with E-state index in [4.69, 9.17) is 0 Å². The largest absolute Gasteiger partial charge is 0.0890 e. The maximum atomic E-state index is 4.63. The Morgan fingerprint density at radius 2 is 2.50 bits per heavy atom. The highest BCUT2D eigenvalue weighted by molar-refractivity contribution is 14.1. The van der Waals surface area contributed by atoms with Crippen molar-refractivity contribution in [3.05, 3.63) is 10.2 Å². The summed E-state index contributed by atoms with van der Waals surface area (Å²) in [7, 11) is 1.00. The van der Waals surface area contributed by atoms with Gasteiger partial charge in [-0.3, -0.25) is 0 Å². The van der Waals surface area contributed by atoms with Crippen LogP contribution in [-0.2, 0) is 11.8 Å². The molecule has 0 bridgehead atoms. The van der Waals surface area contributed by atoms with E-state index in [0.29, 0.717) is 0 Å². The van der Waals surface area contributed by atoms with E-state index in [0.717, 1.165) is 17.1 Å². The third-order valence-electron chi connectivity index (χ3n) is 0.236. The van der Waals surface area contributed by atoms with Crippen molar-refractivity contribution in [1.29, 1.82) is 0 Å². The van der Waals surface area contributed by atoms with Crippen molar-refractivity contribution < 1.29 is 0 Å². The molecule has 0 atom stereocenters. The lowest BCUT2D eigenvalue weighted by Crippen LogP contribution is -1.60. The summed E-state index contributed by atoms with van der Waals surface area (Å²) in [6, 6.07) is 0. The molecule has 34 valence electrons. The first-order chi connectivity index (χ1) is 2.77. The highest BCUT2D eigenvalue weighted by Gasteiger charge is 1.76. The Labute approximate surface area is 58.0 Å². The van der Waals surface area contributed by atoms with Crippen molar-refractivity contribution in [2.75, 3.05) is 6.16 Å². The van der Waals surface area contributed by atoms with E-state index in [1.807, 2.05) is 0 Å². The Balaban J connectivity index is 3.05. The minimum atomic E-state index is 0.954. The van der Waals surface area contributed by atoms with Gasteiger partial charge >= 0.3 is 0 Å². The fraction of sp³-hybridized carbons (Fsp3) is 0.333. The molecule has 0 N–H and O–H groups in total. The summed E-state index contributed by atoms with van der Waals surface area (Å²) in [5.74, 6) is 0. The van der Waals surface area contributed by atoms with Crippen LogP contribution in [0.2, 0.25) is 0 Å². The van der Waals surface area contributed by atoms with Crippen molar-refractivity contribution in [2.24, 2.45) is 0 Å². The zero-order valence-electron chi connectivity index (χ0n) is 3.15. The van der Waals surface area contributed by atoms with Crippen LogP contribution in [0.25, 0.3) is 0 Å². The minimum Gasteiger partial charge on any atom is -0.0890 e. The Morgan fingerprint density at radius 1 is 2.00 bits per heavy atom. The molecule has 0 nitrogen and oxygen atoms in total. The number of hydrogen-bond donors (Lipinski definition) is 0. The first kappa shape index (κ1) is 6.99. The fourth-order valence-corrected chi connectivity index (χ4v) is 1.88. The first-order valence-corrected chi connectivity index (χ1v) is 4.57. The molecular formula is C3H4IPS. The van der Waals surface area contributed by atoms with Crippen molar-refractivity contribution in [3.8, 4) is 0 Å². The summed E-state index contributed by atoms with van der Waals surface area (Å²) < 4.78 is 1.14. The molecule has 0 fully saturated rings. The monoisotopic (exact) mass is 230 g/mol. The van der Waals surface area contributed by atoms with Crippen LogP contribution in [0, 0.1) is 0 Å². The van der Waals surface area contributed by atoms with E-state index in [2.05, 4.69) is 41.0 Å². The Bertz CT molecular complexity index is 71.2. The average Bonchev–Trinajstić information content (AvgIpc) is 1.35. The van der Waals surface area contributed by atoms with Gasteiger partial charge in [0.15, 0.2) is 0 Å². The smallest absolute Gasteiger partial charge is 0.0302 e. The van der Waals surface area contributed by atoms with Gasteiger partial charge < -0.3 is 0 Å². The topological polar surface area (TPSA) is 0 Å². The molecule has 0 spiro atoms. The molecule has 0 amide bonds. The second-order valence-electron chi connectivity index (χ2n) is 0.804. The van der Waals surface area contributed by atoms with Crippen LogP contribution in [0.4, 0.5) is 0 Å². The Morgan fingerprint density at radius 3 is 2.50 bits per heavy atom. The Hall–Kier alpha value is 0.990. The van der Waals surface area contributed by atoms with Crippen molar-refractivity contribution in [2.45, 2.75) is 0 Å². The van der Waals surface area contributed by atoms with E-state index in [1.165, 1.54) is 0 Å². The molecule has 0 rings (SSSR count). The first-order valence-electron chi connectivity index (χ1n) is 1.39. The summed E-state index contributed by atoms with van der Waals surface area (Å²) in [4.78, 5) is 0. The van der Waals surface area contributed by atoms with Gasteiger partial charge in [-0.2, -0.15) is 0 Å².